The van der Waals surface area contributed by atoms with Crippen molar-refractivity contribution in [1.29, 1.82) is 0 Å². The summed E-state index contributed by atoms with van der Waals surface area (Å²) in [5, 5.41) is 49.9. The van der Waals surface area contributed by atoms with Crippen molar-refractivity contribution in [3.63, 3.8) is 0 Å². The monoisotopic (exact) mass is 617 g/mol. The Morgan fingerprint density at radius 1 is 1.07 bits per heavy atom. The van der Waals surface area contributed by atoms with Gasteiger partial charge in [0.05, 0.1) is 43.4 Å². The zero-order chi connectivity index (χ0) is 31.7. The van der Waals surface area contributed by atoms with E-state index in [1.807, 2.05) is 0 Å². The molecular weight excluding hydrogens is 566 g/mol. The first-order valence-electron chi connectivity index (χ1n) is 14.8. The van der Waals surface area contributed by atoms with Crippen molar-refractivity contribution in [2.45, 2.75) is 118 Å². The number of ether oxygens (including phenoxy) is 4. The lowest BCUT2D eigenvalue weighted by molar-refractivity contribution is -0.306. The quantitative estimate of drug-likeness (QED) is 0.0805. The maximum absolute atomic E-state index is 11.7. The van der Waals surface area contributed by atoms with Crippen molar-refractivity contribution < 1.29 is 39.4 Å². The second-order valence-corrected chi connectivity index (χ2v) is 12.5. The molecule has 16 N–H and O–H groups in total. The van der Waals surface area contributed by atoms with Gasteiger partial charge in [0.1, 0.15) is 47.3 Å². The van der Waals surface area contributed by atoms with Crippen LogP contribution in [0.1, 0.15) is 33.1 Å². The molecule has 13 atom stereocenters. The zero-order valence-electron chi connectivity index (χ0n) is 25.1. The maximum atomic E-state index is 11.7. The molecule has 0 amide bonds. The van der Waals surface area contributed by atoms with Crippen LogP contribution in [0.3, 0.4) is 0 Å². The van der Waals surface area contributed by atoms with E-state index in [-0.39, 0.29) is 44.6 Å². The van der Waals surface area contributed by atoms with Crippen molar-refractivity contribution in [2.24, 2.45) is 38.7 Å². The summed E-state index contributed by atoms with van der Waals surface area (Å²) in [6.45, 7) is 3.84. The van der Waals surface area contributed by atoms with Gasteiger partial charge in [0.15, 0.2) is 12.6 Å². The van der Waals surface area contributed by atoms with Crippen LogP contribution < -0.4 is 39.3 Å². The Labute approximate surface area is 251 Å². The number of aliphatic hydroxyl groups excluding tert-OH is 2. The van der Waals surface area contributed by atoms with E-state index in [0.717, 1.165) is 0 Å². The standard InChI is InChI=1S/C26H51N9O8/c1-11(27)21(30)34-7-12-4-5-13(28)22(41-12)42-18-14(29)6-15(35-24(31)26(39)8-33-9-26)19(16(18)36)43-23-17(37)20(32-3)25(2,38)10-40-23/h11-20,22-23,32-33,36-39H,4-10,27-29H2,1-3H3,(H2,30,34)(H2,31,35). The van der Waals surface area contributed by atoms with Gasteiger partial charge in [-0.05, 0) is 40.2 Å². The van der Waals surface area contributed by atoms with Crippen molar-refractivity contribution >= 4 is 11.7 Å². The third-order valence-electron chi connectivity index (χ3n) is 8.77. The van der Waals surface area contributed by atoms with Crippen LogP contribution >= 0.6 is 0 Å². The zero-order valence-corrected chi connectivity index (χ0v) is 25.1. The van der Waals surface area contributed by atoms with E-state index in [1.165, 1.54) is 6.92 Å². The third kappa shape index (κ3) is 7.63. The first-order chi connectivity index (χ1) is 20.2. The number of β-amino-alcohol motifs (C(OH)–C–C–N with tert-alkyl or cyclic N) is 1. The number of amidine groups is 2. The van der Waals surface area contributed by atoms with Crippen LogP contribution in [0.15, 0.2) is 9.98 Å². The molecule has 1 saturated carbocycles. The Kier molecular flexibility index (Phi) is 11.0. The second-order valence-electron chi connectivity index (χ2n) is 12.5. The van der Waals surface area contributed by atoms with Crippen LogP contribution in [-0.4, -0.2) is 150 Å². The minimum absolute atomic E-state index is 0.0307. The van der Waals surface area contributed by atoms with Crippen molar-refractivity contribution in [3.8, 4) is 0 Å². The predicted molar refractivity (Wildman–Crippen MR) is 157 cm³/mol. The number of nitrogens with one attached hydrogen (secondary N) is 2. The Balaban J connectivity index is 1.53. The summed E-state index contributed by atoms with van der Waals surface area (Å²) in [6, 6.07) is -3.27. The van der Waals surface area contributed by atoms with Gasteiger partial charge in [-0.25, -0.2) is 0 Å². The summed E-state index contributed by atoms with van der Waals surface area (Å²) in [6.07, 6.45) is -5.99. The van der Waals surface area contributed by atoms with Gasteiger partial charge in [-0.3, -0.25) is 9.98 Å². The number of nitrogens with two attached hydrogens (primary N) is 5. The summed E-state index contributed by atoms with van der Waals surface area (Å²) in [5.41, 5.74) is 28.0. The highest BCUT2D eigenvalue weighted by atomic mass is 16.7. The summed E-state index contributed by atoms with van der Waals surface area (Å²) >= 11 is 0. The first-order valence-corrected chi connectivity index (χ1v) is 14.8. The van der Waals surface area contributed by atoms with Crippen molar-refractivity contribution in [2.75, 3.05) is 33.3 Å². The van der Waals surface area contributed by atoms with Crippen molar-refractivity contribution in [1.82, 2.24) is 10.6 Å². The van der Waals surface area contributed by atoms with Crippen LogP contribution in [0.2, 0.25) is 0 Å². The Hall–Kier alpha value is -1.58. The highest BCUT2D eigenvalue weighted by molar-refractivity contribution is 5.90. The topological polar surface area (TPSA) is 297 Å². The lowest BCUT2D eigenvalue weighted by Crippen LogP contribution is -2.69. The molecule has 3 heterocycles. The number of likely N-dealkylation sites (N-methyl/N-ethyl adjacent to an activating group) is 1. The molecule has 3 saturated heterocycles. The normalized spacial score (nSPS) is 44.9. The van der Waals surface area contributed by atoms with E-state index in [2.05, 4.69) is 20.6 Å². The average Bonchev–Trinajstić information content (AvgIpc) is 2.92. The largest absolute Gasteiger partial charge is 0.388 e. The van der Waals surface area contributed by atoms with Gasteiger partial charge in [0.25, 0.3) is 0 Å². The molecule has 248 valence electrons. The molecule has 4 aliphatic rings. The van der Waals surface area contributed by atoms with Crippen molar-refractivity contribution in [3.05, 3.63) is 0 Å². The fourth-order valence-electron chi connectivity index (χ4n) is 5.90. The molecule has 4 rings (SSSR count). The van der Waals surface area contributed by atoms with E-state index >= 15 is 0 Å². The highest BCUT2D eigenvalue weighted by Crippen LogP contribution is 2.33. The van der Waals surface area contributed by atoms with Crippen LogP contribution in [0, 0.1) is 0 Å². The molecule has 4 fully saturated rings. The molecule has 0 aromatic carbocycles. The molecule has 17 heteroatoms. The minimum Gasteiger partial charge on any atom is -0.388 e. The van der Waals surface area contributed by atoms with Gasteiger partial charge >= 0.3 is 0 Å². The van der Waals surface area contributed by atoms with E-state index in [4.69, 9.17) is 47.6 Å². The van der Waals surface area contributed by atoms with Crippen LogP contribution in [0.25, 0.3) is 0 Å². The number of hydrogen-bond acceptors (Lipinski definition) is 15. The van der Waals surface area contributed by atoms with Crippen LogP contribution in [0.5, 0.6) is 0 Å². The summed E-state index contributed by atoms with van der Waals surface area (Å²) < 4.78 is 24.2. The molecule has 43 heavy (non-hydrogen) atoms. The van der Waals surface area contributed by atoms with Gasteiger partial charge in [0, 0.05) is 19.1 Å². The van der Waals surface area contributed by atoms with Crippen LogP contribution in [0.4, 0.5) is 0 Å². The minimum atomic E-state index is -1.39. The van der Waals surface area contributed by atoms with E-state index in [1.54, 1.807) is 14.0 Å². The lowest BCUT2D eigenvalue weighted by atomic mass is 9.83. The average molecular weight is 618 g/mol. The Morgan fingerprint density at radius 3 is 2.35 bits per heavy atom. The number of nitrogens with zero attached hydrogens (tertiary/aromatic N) is 2. The molecule has 0 bridgehead atoms. The molecule has 1 aliphatic carbocycles. The summed E-state index contributed by atoms with van der Waals surface area (Å²) in [5.74, 6) is 0.278. The molecule has 17 nitrogen and oxygen atoms in total. The van der Waals surface area contributed by atoms with Gasteiger partial charge in [-0.15, -0.1) is 0 Å². The Bertz CT molecular complexity index is 1000. The van der Waals surface area contributed by atoms with E-state index < -0.39 is 78.4 Å². The summed E-state index contributed by atoms with van der Waals surface area (Å²) in [7, 11) is 1.60. The van der Waals surface area contributed by atoms with Gasteiger partial charge < -0.3 is 78.7 Å². The highest BCUT2D eigenvalue weighted by Gasteiger charge is 2.52. The first kappa shape index (κ1) is 34.3. The fourth-order valence-corrected chi connectivity index (χ4v) is 5.90. The Morgan fingerprint density at radius 2 is 1.74 bits per heavy atom. The van der Waals surface area contributed by atoms with E-state index in [0.29, 0.717) is 18.7 Å². The number of hydrogen-bond donors (Lipinski definition) is 11. The second kappa shape index (κ2) is 13.8. The van der Waals surface area contributed by atoms with Crippen LogP contribution in [-0.2, 0) is 18.9 Å². The smallest absolute Gasteiger partial charge is 0.185 e. The molecule has 13 unspecified atom stereocenters. The number of aliphatic hydroxyl groups is 4. The molecule has 3 aliphatic heterocycles. The van der Waals surface area contributed by atoms with Gasteiger partial charge in [0.2, 0.25) is 0 Å². The maximum Gasteiger partial charge on any atom is 0.185 e. The molecule has 0 spiro atoms. The molecule has 0 aromatic rings. The molecule has 0 radical (unpaired) electrons. The predicted octanol–water partition coefficient (Wildman–Crippen LogP) is -5.50. The molecule has 0 aromatic heterocycles. The number of rotatable bonds is 10. The third-order valence-corrected chi connectivity index (χ3v) is 8.77. The van der Waals surface area contributed by atoms with Gasteiger partial charge in [-0.1, -0.05) is 0 Å². The SMILES string of the molecule is CNC1C(O)C(OC2C(N=C(N)C3(O)CNC3)CC(N)C(OC3OC(CN=C(N)C(C)N)CCC3N)C2O)OCC1(C)O. The summed E-state index contributed by atoms with van der Waals surface area (Å²) in [4.78, 5) is 8.82. The van der Waals surface area contributed by atoms with Gasteiger partial charge in [-0.2, -0.15) is 0 Å². The fraction of sp³-hybridized carbons (Fsp3) is 0.923. The lowest BCUT2D eigenvalue weighted by Gasteiger charge is -2.48. The number of aliphatic imine (C=N–C) groups is 2. The molecular formula is C26H51N9O8. The van der Waals surface area contributed by atoms with E-state index in [9.17, 15) is 20.4 Å².